The van der Waals surface area contributed by atoms with Crippen molar-refractivity contribution in [3.63, 3.8) is 0 Å². The number of benzene rings is 1. The molecule has 26 heavy (non-hydrogen) atoms. The van der Waals surface area contributed by atoms with Crippen molar-refractivity contribution in [3.05, 3.63) is 35.4 Å². The van der Waals surface area contributed by atoms with Gasteiger partial charge in [-0.15, -0.1) is 0 Å². The zero-order chi connectivity index (χ0) is 18.9. The quantitative estimate of drug-likeness (QED) is 0.761. The Bertz CT molecular complexity index is 688. The second kappa shape index (κ2) is 7.09. The first kappa shape index (κ1) is 18.4. The second-order valence-corrected chi connectivity index (χ2v) is 8.05. The average Bonchev–Trinajstić information content (AvgIpc) is 2.74. The van der Waals surface area contributed by atoms with E-state index >= 15 is 0 Å². The van der Waals surface area contributed by atoms with Crippen LogP contribution in [0.2, 0.25) is 0 Å². The molecular weight excluding hydrogens is 332 g/mol. The topological polar surface area (TPSA) is 66.9 Å². The largest absolute Gasteiger partial charge is 0.444 e. The first-order chi connectivity index (χ1) is 12.3. The summed E-state index contributed by atoms with van der Waals surface area (Å²) < 4.78 is 5.48. The molecule has 0 N–H and O–H groups in total. The van der Waals surface area contributed by atoms with Crippen molar-refractivity contribution in [1.29, 1.82) is 0 Å². The summed E-state index contributed by atoms with van der Waals surface area (Å²) in [5.41, 5.74) is 0.395. The Morgan fingerprint density at radius 2 is 1.73 bits per heavy atom. The SMILES string of the molecule is CC(C)(C)OC(=O)N1CCCCC(CN2C(=O)c3ccccc3C2=O)C1. The molecule has 6 nitrogen and oxygen atoms in total. The molecule has 2 heterocycles. The Morgan fingerprint density at radius 1 is 1.12 bits per heavy atom. The van der Waals surface area contributed by atoms with Crippen LogP contribution in [0.3, 0.4) is 0 Å². The summed E-state index contributed by atoms with van der Waals surface area (Å²) in [6.07, 6.45) is 2.42. The third-order valence-corrected chi connectivity index (χ3v) is 4.74. The smallest absolute Gasteiger partial charge is 0.410 e. The lowest BCUT2D eigenvalue weighted by atomic mass is 10.0. The van der Waals surface area contributed by atoms with Gasteiger partial charge in [0, 0.05) is 19.6 Å². The monoisotopic (exact) mass is 358 g/mol. The molecule has 2 aliphatic heterocycles. The highest BCUT2D eigenvalue weighted by molar-refractivity contribution is 6.21. The van der Waals surface area contributed by atoms with E-state index < -0.39 is 5.60 Å². The summed E-state index contributed by atoms with van der Waals surface area (Å²) in [5, 5.41) is 0. The Morgan fingerprint density at radius 3 is 2.31 bits per heavy atom. The van der Waals surface area contributed by atoms with Gasteiger partial charge in [0.25, 0.3) is 11.8 Å². The molecule has 0 radical (unpaired) electrons. The molecular formula is C20H26N2O4. The molecule has 1 atom stereocenters. The minimum absolute atomic E-state index is 0.0623. The molecule has 0 bridgehead atoms. The predicted molar refractivity (Wildman–Crippen MR) is 97.0 cm³/mol. The maximum atomic E-state index is 12.6. The molecule has 3 amide bonds. The van der Waals surface area contributed by atoms with E-state index in [1.54, 1.807) is 29.2 Å². The van der Waals surface area contributed by atoms with Crippen molar-refractivity contribution in [1.82, 2.24) is 9.80 Å². The van der Waals surface area contributed by atoms with Gasteiger partial charge in [-0.2, -0.15) is 0 Å². The fraction of sp³-hybridized carbons (Fsp3) is 0.550. The number of fused-ring (bicyclic) bond motifs is 1. The van der Waals surface area contributed by atoms with Gasteiger partial charge in [0.15, 0.2) is 0 Å². The van der Waals surface area contributed by atoms with Crippen molar-refractivity contribution in [2.45, 2.75) is 45.6 Å². The van der Waals surface area contributed by atoms with Crippen LogP contribution in [0.25, 0.3) is 0 Å². The highest BCUT2D eigenvalue weighted by atomic mass is 16.6. The number of likely N-dealkylation sites (tertiary alicyclic amines) is 1. The average molecular weight is 358 g/mol. The lowest BCUT2D eigenvalue weighted by Gasteiger charge is -2.29. The third-order valence-electron chi connectivity index (χ3n) is 4.74. The van der Waals surface area contributed by atoms with Gasteiger partial charge >= 0.3 is 6.09 Å². The number of amides is 3. The summed E-state index contributed by atoms with van der Waals surface area (Å²) in [6.45, 7) is 7.03. The molecule has 0 saturated carbocycles. The van der Waals surface area contributed by atoms with Crippen molar-refractivity contribution in [2.24, 2.45) is 5.92 Å². The van der Waals surface area contributed by atoms with Crippen molar-refractivity contribution >= 4 is 17.9 Å². The maximum absolute atomic E-state index is 12.6. The Hall–Kier alpha value is -2.37. The van der Waals surface area contributed by atoms with Crippen LogP contribution < -0.4 is 0 Å². The zero-order valence-electron chi connectivity index (χ0n) is 15.7. The molecule has 2 aliphatic rings. The van der Waals surface area contributed by atoms with Crippen LogP contribution in [0.4, 0.5) is 4.79 Å². The number of carbonyl (C=O) groups is 3. The number of carbonyl (C=O) groups excluding carboxylic acids is 3. The van der Waals surface area contributed by atoms with Gasteiger partial charge in [-0.05, 0) is 51.7 Å². The zero-order valence-corrected chi connectivity index (χ0v) is 15.7. The minimum atomic E-state index is -0.540. The Balaban J connectivity index is 1.69. The molecule has 0 aliphatic carbocycles. The molecule has 0 spiro atoms. The molecule has 6 heteroatoms. The molecule has 1 fully saturated rings. The first-order valence-electron chi connectivity index (χ1n) is 9.19. The minimum Gasteiger partial charge on any atom is -0.444 e. The molecule has 3 rings (SSSR count). The van der Waals surface area contributed by atoms with Crippen molar-refractivity contribution < 1.29 is 19.1 Å². The van der Waals surface area contributed by atoms with Gasteiger partial charge in [0.2, 0.25) is 0 Å². The number of rotatable bonds is 2. The van der Waals surface area contributed by atoms with Crippen LogP contribution in [0.15, 0.2) is 24.3 Å². The van der Waals surface area contributed by atoms with E-state index in [0.29, 0.717) is 30.8 Å². The van der Waals surface area contributed by atoms with Crippen LogP contribution in [-0.2, 0) is 4.74 Å². The number of ether oxygens (including phenoxy) is 1. The predicted octanol–water partition coefficient (Wildman–Crippen LogP) is 3.32. The van der Waals surface area contributed by atoms with Gasteiger partial charge < -0.3 is 9.64 Å². The van der Waals surface area contributed by atoms with E-state index in [4.69, 9.17) is 4.74 Å². The van der Waals surface area contributed by atoms with E-state index in [9.17, 15) is 14.4 Å². The van der Waals surface area contributed by atoms with Crippen molar-refractivity contribution in [2.75, 3.05) is 19.6 Å². The Kier molecular flexibility index (Phi) is 5.03. The van der Waals surface area contributed by atoms with Crippen molar-refractivity contribution in [3.8, 4) is 0 Å². The fourth-order valence-electron chi connectivity index (χ4n) is 3.53. The van der Waals surface area contributed by atoms with Gasteiger partial charge in [-0.3, -0.25) is 14.5 Å². The lowest BCUT2D eigenvalue weighted by Crippen LogP contribution is -2.42. The number of hydrogen-bond donors (Lipinski definition) is 0. The van der Waals surface area contributed by atoms with Gasteiger partial charge in [0.1, 0.15) is 5.60 Å². The molecule has 1 aromatic rings. The highest BCUT2D eigenvalue weighted by Crippen LogP contribution is 2.26. The summed E-state index contributed by atoms with van der Waals surface area (Å²) in [4.78, 5) is 40.6. The van der Waals surface area contributed by atoms with E-state index in [1.165, 1.54) is 4.90 Å². The van der Waals surface area contributed by atoms with E-state index in [-0.39, 0.29) is 23.8 Å². The fourth-order valence-corrected chi connectivity index (χ4v) is 3.53. The molecule has 0 aromatic heterocycles. The lowest BCUT2D eigenvalue weighted by molar-refractivity contribution is 0.0227. The van der Waals surface area contributed by atoms with Gasteiger partial charge in [-0.25, -0.2) is 4.79 Å². The third kappa shape index (κ3) is 3.89. The standard InChI is InChI=1S/C20H26N2O4/c1-20(2,3)26-19(25)21-11-7-6-8-14(12-21)13-22-17(23)15-9-4-5-10-16(15)18(22)24/h4-5,9-10,14H,6-8,11-13H2,1-3H3. The molecule has 1 saturated heterocycles. The summed E-state index contributed by atoms with van der Waals surface area (Å²) in [7, 11) is 0. The Labute approximate surface area is 154 Å². The highest BCUT2D eigenvalue weighted by Gasteiger charge is 2.37. The summed E-state index contributed by atoms with van der Waals surface area (Å²) in [6, 6.07) is 6.91. The normalized spacial score (nSPS) is 20.8. The van der Waals surface area contributed by atoms with Gasteiger partial charge in [0.05, 0.1) is 11.1 Å². The van der Waals surface area contributed by atoms with E-state index in [0.717, 1.165) is 19.3 Å². The molecule has 140 valence electrons. The van der Waals surface area contributed by atoms with Crippen LogP contribution in [-0.4, -0.2) is 52.9 Å². The molecule has 1 aromatic carbocycles. The number of imide groups is 1. The maximum Gasteiger partial charge on any atom is 0.410 e. The van der Waals surface area contributed by atoms with Gasteiger partial charge in [-0.1, -0.05) is 18.6 Å². The summed E-state index contributed by atoms with van der Waals surface area (Å²) in [5.74, 6) is -0.412. The van der Waals surface area contributed by atoms with E-state index in [1.807, 2.05) is 20.8 Å². The summed E-state index contributed by atoms with van der Waals surface area (Å²) >= 11 is 0. The molecule has 1 unspecified atom stereocenters. The van der Waals surface area contributed by atoms with Crippen LogP contribution >= 0.6 is 0 Å². The van der Waals surface area contributed by atoms with E-state index in [2.05, 4.69) is 0 Å². The van der Waals surface area contributed by atoms with Crippen LogP contribution in [0, 0.1) is 5.92 Å². The number of hydrogen-bond acceptors (Lipinski definition) is 4. The van der Waals surface area contributed by atoms with Crippen LogP contribution in [0.1, 0.15) is 60.7 Å². The first-order valence-corrected chi connectivity index (χ1v) is 9.19. The van der Waals surface area contributed by atoms with Crippen LogP contribution in [0.5, 0.6) is 0 Å². The number of nitrogens with zero attached hydrogens (tertiary/aromatic N) is 2. The second-order valence-electron chi connectivity index (χ2n) is 8.05.